The van der Waals surface area contributed by atoms with Gasteiger partial charge in [-0.1, -0.05) is 32.5 Å². The van der Waals surface area contributed by atoms with E-state index in [4.69, 9.17) is 10.7 Å². The molecule has 0 radical (unpaired) electrons. The van der Waals surface area contributed by atoms with Gasteiger partial charge in [0.05, 0.1) is 11.1 Å². The molecule has 3 aromatic rings. The fraction of sp³-hybridized carbons (Fsp3) is 0.529. The fourth-order valence-electron chi connectivity index (χ4n) is 3.45. The Morgan fingerprint density at radius 2 is 2.24 bits per heavy atom. The molecule has 0 spiro atoms. The highest BCUT2D eigenvalue weighted by molar-refractivity contribution is 7.99. The van der Waals surface area contributed by atoms with Gasteiger partial charge in [0, 0.05) is 10.8 Å². The van der Waals surface area contributed by atoms with Crippen molar-refractivity contribution in [3.8, 4) is 0 Å². The largest absolute Gasteiger partial charge is 0.369 e. The minimum Gasteiger partial charge on any atom is -0.369 e. The molecule has 1 atom stereocenters. The predicted molar refractivity (Wildman–Crippen MR) is 101 cm³/mol. The summed E-state index contributed by atoms with van der Waals surface area (Å²) in [5.41, 5.74) is 7.56. The SMILES string of the molecule is CC(C)c1nc2sc3c(c2c2nnc(SCC(N)=O)n12)CC[C@@H](C)C3. The van der Waals surface area contributed by atoms with E-state index in [0.29, 0.717) is 5.16 Å². The minimum absolute atomic E-state index is 0.190. The highest BCUT2D eigenvalue weighted by Crippen LogP contribution is 2.40. The van der Waals surface area contributed by atoms with E-state index in [9.17, 15) is 4.79 Å². The van der Waals surface area contributed by atoms with Crippen molar-refractivity contribution < 1.29 is 4.79 Å². The van der Waals surface area contributed by atoms with Crippen molar-refractivity contribution in [3.63, 3.8) is 0 Å². The number of thiophene rings is 1. The molecule has 1 aliphatic rings. The van der Waals surface area contributed by atoms with Gasteiger partial charge in [-0.2, -0.15) is 0 Å². The Kier molecular flexibility index (Phi) is 4.19. The zero-order chi connectivity index (χ0) is 17.7. The van der Waals surface area contributed by atoms with Crippen LogP contribution in [0, 0.1) is 5.92 Å². The second-order valence-corrected chi connectivity index (χ2v) is 9.08. The number of amides is 1. The van der Waals surface area contributed by atoms with Crippen molar-refractivity contribution in [2.24, 2.45) is 11.7 Å². The van der Waals surface area contributed by atoms with Crippen LogP contribution in [-0.4, -0.2) is 31.2 Å². The molecule has 8 heteroatoms. The monoisotopic (exact) mass is 375 g/mol. The first-order chi connectivity index (χ1) is 12.0. The van der Waals surface area contributed by atoms with Gasteiger partial charge in [-0.3, -0.25) is 9.20 Å². The fourth-order valence-corrected chi connectivity index (χ4v) is 5.52. The van der Waals surface area contributed by atoms with Gasteiger partial charge in [-0.15, -0.1) is 21.5 Å². The molecule has 0 aliphatic heterocycles. The average molecular weight is 376 g/mol. The van der Waals surface area contributed by atoms with Gasteiger partial charge in [-0.05, 0) is 30.7 Å². The maximum atomic E-state index is 11.2. The number of carbonyl (C=O) groups is 1. The second kappa shape index (κ2) is 6.25. The summed E-state index contributed by atoms with van der Waals surface area (Å²) in [4.78, 5) is 18.6. The van der Waals surface area contributed by atoms with Gasteiger partial charge in [-0.25, -0.2) is 4.98 Å². The van der Waals surface area contributed by atoms with Gasteiger partial charge in [0.15, 0.2) is 10.8 Å². The van der Waals surface area contributed by atoms with E-state index in [2.05, 4.69) is 31.0 Å². The standard InChI is InChI=1S/C17H21N5OS2/c1-8(2)14-19-16-13(10-5-4-9(3)6-11(10)25-16)15-20-21-17(22(14)15)24-7-12(18)23/h8-9H,4-7H2,1-3H3,(H2,18,23)/t9-/m1/s1. The Bertz CT molecular complexity index is 975. The molecule has 0 aromatic carbocycles. The first-order valence-corrected chi connectivity index (χ1v) is 10.4. The number of primary amides is 1. The number of fused-ring (bicyclic) bond motifs is 5. The number of hydrogen-bond acceptors (Lipinski definition) is 6. The van der Waals surface area contributed by atoms with Crippen LogP contribution in [0.5, 0.6) is 0 Å². The predicted octanol–water partition coefficient (Wildman–Crippen LogP) is 3.16. The summed E-state index contributed by atoms with van der Waals surface area (Å²) in [7, 11) is 0. The van der Waals surface area contributed by atoms with E-state index in [1.54, 1.807) is 11.3 Å². The number of hydrogen-bond donors (Lipinski definition) is 1. The molecule has 6 nitrogen and oxygen atoms in total. The molecular weight excluding hydrogens is 354 g/mol. The van der Waals surface area contributed by atoms with Crippen molar-refractivity contribution in [3.05, 3.63) is 16.3 Å². The molecule has 1 amide bonds. The molecule has 0 saturated carbocycles. The van der Waals surface area contributed by atoms with Crippen molar-refractivity contribution in [1.82, 2.24) is 19.6 Å². The molecule has 4 rings (SSSR count). The summed E-state index contributed by atoms with van der Waals surface area (Å²) >= 11 is 3.13. The third-order valence-electron chi connectivity index (χ3n) is 4.66. The van der Waals surface area contributed by atoms with Gasteiger partial charge >= 0.3 is 0 Å². The van der Waals surface area contributed by atoms with E-state index in [0.717, 1.165) is 40.4 Å². The van der Waals surface area contributed by atoms with Crippen LogP contribution in [0.1, 0.15) is 49.4 Å². The molecule has 25 heavy (non-hydrogen) atoms. The molecule has 132 valence electrons. The van der Waals surface area contributed by atoms with Crippen molar-refractivity contribution >= 4 is 44.9 Å². The van der Waals surface area contributed by atoms with Crippen LogP contribution in [0.15, 0.2) is 5.16 Å². The number of rotatable bonds is 4. The summed E-state index contributed by atoms with van der Waals surface area (Å²) < 4.78 is 2.02. The van der Waals surface area contributed by atoms with Gasteiger partial charge in [0.2, 0.25) is 5.91 Å². The highest BCUT2D eigenvalue weighted by atomic mass is 32.2. The molecular formula is C17H21N5OS2. The van der Waals surface area contributed by atoms with Crippen LogP contribution >= 0.6 is 23.1 Å². The lowest BCUT2D eigenvalue weighted by Gasteiger charge is -2.17. The molecule has 0 bridgehead atoms. The second-order valence-electron chi connectivity index (χ2n) is 7.05. The van der Waals surface area contributed by atoms with Crippen LogP contribution in [0.25, 0.3) is 15.9 Å². The van der Waals surface area contributed by atoms with Gasteiger partial charge in [0.25, 0.3) is 0 Å². The quantitative estimate of drug-likeness (QED) is 0.708. The summed E-state index contributed by atoms with van der Waals surface area (Å²) in [6.07, 6.45) is 3.40. The van der Waals surface area contributed by atoms with Crippen LogP contribution in [-0.2, 0) is 17.6 Å². The van der Waals surface area contributed by atoms with E-state index >= 15 is 0 Å². The zero-order valence-electron chi connectivity index (χ0n) is 14.6. The third kappa shape index (κ3) is 2.81. The van der Waals surface area contributed by atoms with Crippen LogP contribution in [0.3, 0.4) is 0 Å². The first kappa shape index (κ1) is 16.8. The van der Waals surface area contributed by atoms with Gasteiger partial charge < -0.3 is 5.73 Å². The van der Waals surface area contributed by atoms with E-state index in [-0.39, 0.29) is 17.6 Å². The van der Waals surface area contributed by atoms with Crippen molar-refractivity contribution in [1.29, 1.82) is 0 Å². The lowest BCUT2D eigenvalue weighted by atomic mass is 9.89. The number of nitrogens with zero attached hydrogens (tertiary/aromatic N) is 4. The van der Waals surface area contributed by atoms with Crippen molar-refractivity contribution in [2.45, 2.75) is 51.1 Å². The smallest absolute Gasteiger partial charge is 0.227 e. The maximum absolute atomic E-state index is 11.2. The molecule has 3 heterocycles. The Hall–Kier alpha value is -1.67. The minimum atomic E-state index is -0.358. The maximum Gasteiger partial charge on any atom is 0.227 e. The lowest BCUT2D eigenvalue weighted by molar-refractivity contribution is -0.115. The zero-order valence-corrected chi connectivity index (χ0v) is 16.2. The number of carbonyl (C=O) groups excluding carboxylic acids is 1. The van der Waals surface area contributed by atoms with E-state index in [1.807, 2.05) is 4.40 Å². The topological polar surface area (TPSA) is 86.2 Å². The number of nitrogens with two attached hydrogens (primary N) is 1. The lowest BCUT2D eigenvalue weighted by Crippen LogP contribution is -2.14. The van der Waals surface area contributed by atoms with Crippen LogP contribution in [0.4, 0.5) is 0 Å². The van der Waals surface area contributed by atoms with E-state index in [1.165, 1.54) is 28.6 Å². The Labute approximate surface area is 154 Å². The number of aromatic nitrogens is 4. The van der Waals surface area contributed by atoms with Crippen LogP contribution in [0.2, 0.25) is 0 Å². The normalized spacial score (nSPS) is 17.5. The molecule has 3 aromatic heterocycles. The Balaban J connectivity index is 1.97. The summed E-state index contributed by atoms with van der Waals surface area (Å²) in [5.74, 6) is 1.72. The summed E-state index contributed by atoms with van der Waals surface area (Å²) in [6.45, 7) is 6.54. The Morgan fingerprint density at radius 3 is 2.96 bits per heavy atom. The molecule has 2 N–H and O–H groups in total. The summed E-state index contributed by atoms with van der Waals surface area (Å²) in [5, 5.41) is 10.6. The molecule has 0 unspecified atom stereocenters. The van der Waals surface area contributed by atoms with Crippen molar-refractivity contribution in [2.75, 3.05) is 5.75 Å². The van der Waals surface area contributed by atoms with E-state index < -0.39 is 0 Å². The molecule has 0 fully saturated rings. The molecule has 1 aliphatic carbocycles. The number of aryl methyl sites for hydroxylation is 1. The van der Waals surface area contributed by atoms with Gasteiger partial charge in [0.1, 0.15) is 10.7 Å². The highest BCUT2D eigenvalue weighted by Gasteiger charge is 2.26. The average Bonchev–Trinajstić information content (AvgIpc) is 3.11. The van der Waals surface area contributed by atoms with Crippen LogP contribution < -0.4 is 5.73 Å². The third-order valence-corrected chi connectivity index (χ3v) is 6.75. The number of thioether (sulfide) groups is 1. The molecule has 0 saturated heterocycles. The summed E-state index contributed by atoms with van der Waals surface area (Å²) in [6, 6.07) is 0. The first-order valence-electron chi connectivity index (χ1n) is 8.56. The Morgan fingerprint density at radius 1 is 1.44 bits per heavy atom.